The molecule has 3 nitrogen and oxygen atoms in total. The molecule has 0 saturated carbocycles. The van der Waals surface area contributed by atoms with Gasteiger partial charge in [-0.05, 0) is 36.2 Å². The van der Waals surface area contributed by atoms with Gasteiger partial charge in [0, 0.05) is 5.41 Å². The van der Waals surface area contributed by atoms with Crippen molar-refractivity contribution >= 4 is 0 Å². The van der Waals surface area contributed by atoms with Crippen LogP contribution in [0.25, 0.3) is 0 Å². The van der Waals surface area contributed by atoms with Gasteiger partial charge in [0.05, 0.1) is 19.8 Å². The molecular weight excluding hydrogens is 271 g/mol. The molecule has 0 amide bonds. The van der Waals surface area contributed by atoms with E-state index in [1.807, 2.05) is 30.3 Å². The van der Waals surface area contributed by atoms with Gasteiger partial charge in [-0.15, -0.1) is 0 Å². The van der Waals surface area contributed by atoms with Crippen LogP contribution in [0.5, 0.6) is 5.75 Å². The van der Waals surface area contributed by atoms with Crippen LogP contribution in [0.4, 0.5) is 4.39 Å². The van der Waals surface area contributed by atoms with Crippen LogP contribution in [0.2, 0.25) is 0 Å². The summed E-state index contributed by atoms with van der Waals surface area (Å²) < 4.78 is 18.6. The van der Waals surface area contributed by atoms with Crippen LogP contribution in [-0.2, 0) is 5.41 Å². The highest BCUT2D eigenvalue weighted by Gasteiger charge is 2.31. The second kappa shape index (κ2) is 7.20. The summed E-state index contributed by atoms with van der Waals surface area (Å²) in [6, 6.07) is 15.2. The van der Waals surface area contributed by atoms with Crippen molar-refractivity contribution in [3.05, 3.63) is 66.0 Å². The summed E-state index contributed by atoms with van der Waals surface area (Å²) in [5.74, 6) is 0.394. The van der Waals surface area contributed by atoms with Crippen molar-refractivity contribution in [2.45, 2.75) is 11.8 Å². The monoisotopic (exact) mass is 290 g/mol. The molecule has 2 N–H and O–H groups in total. The predicted molar refractivity (Wildman–Crippen MR) is 78.8 cm³/mol. The topological polar surface area (TPSA) is 49.7 Å². The Morgan fingerprint density at radius 2 is 1.52 bits per heavy atom. The van der Waals surface area contributed by atoms with Crippen molar-refractivity contribution < 1.29 is 19.3 Å². The molecule has 0 fully saturated rings. The molecule has 0 unspecified atom stereocenters. The quantitative estimate of drug-likeness (QED) is 0.824. The van der Waals surface area contributed by atoms with Gasteiger partial charge in [0.25, 0.3) is 0 Å². The first kappa shape index (κ1) is 15.5. The van der Waals surface area contributed by atoms with Crippen LogP contribution in [0.3, 0.4) is 0 Å². The summed E-state index contributed by atoms with van der Waals surface area (Å²) in [5, 5.41) is 19.4. The van der Waals surface area contributed by atoms with Crippen LogP contribution < -0.4 is 4.74 Å². The standard InChI is InChI=1S/C17H19FO3/c18-15-8-6-14(7-9-15)17(12-19,13-20)10-11-21-16-4-2-1-3-5-16/h1-9,19-20H,10-13H2. The Balaban J connectivity index is 2.06. The zero-order valence-electron chi connectivity index (χ0n) is 11.7. The minimum absolute atomic E-state index is 0.229. The van der Waals surface area contributed by atoms with Crippen LogP contribution in [0.15, 0.2) is 54.6 Å². The van der Waals surface area contributed by atoms with Gasteiger partial charge in [0.1, 0.15) is 11.6 Å². The van der Waals surface area contributed by atoms with E-state index in [9.17, 15) is 14.6 Å². The molecule has 0 heterocycles. The van der Waals surface area contributed by atoms with Crippen molar-refractivity contribution in [2.75, 3.05) is 19.8 Å². The first-order chi connectivity index (χ1) is 10.2. The number of hydrogen-bond donors (Lipinski definition) is 2. The van der Waals surface area contributed by atoms with Crippen molar-refractivity contribution in [3.8, 4) is 5.75 Å². The minimum atomic E-state index is -0.831. The highest BCUT2D eigenvalue weighted by Crippen LogP contribution is 2.28. The lowest BCUT2D eigenvalue weighted by Gasteiger charge is -2.30. The maximum absolute atomic E-state index is 13.0. The van der Waals surface area contributed by atoms with E-state index in [0.717, 1.165) is 5.75 Å². The van der Waals surface area contributed by atoms with Crippen LogP contribution >= 0.6 is 0 Å². The van der Waals surface area contributed by atoms with E-state index >= 15 is 0 Å². The molecule has 21 heavy (non-hydrogen) atoms. The van der Waals surface area contributed by atoms with Gasteiger partial charge in [0.15, 0.2) is 0 Å². The van der Waals surface area contributed by atoms with Crippen LogP contribution in [0, 0.1) is 5.82 Å². The molecule has 0 spiro atoms. The van der Waals surface area contributed by atoms with Gasteiger partial charge < -0.3 is 14.9 Å². The third-order valence-electron chi connectivity index (χ3n) is 3.65. The Labute approximate surface area is 123 Å². The zero-order valence-corrected chi connectivity index (χ0v) is 11.7. The lowest BCUT2D eigenvalue weighted by molar-refractivity contribution is 0.0951. The molecule has 0 bridgehead atoms. The van der Waals surface area contributed by atoms with Crippen molar-refractivity contribution in [2.24, 2.45) is 0 Å². The van der Waals surface area contributed by atoms with E-state index in [1.165, 1.54) is 12.1 Å². The maximum atomic E-state index is 13.0. The summed E-state index contributed by atoms with van der Waals surface area (Å²) in [4.78, 5) is 0. The number of benzene rings is 2. The number of halogens is 1. The summed E-state index contributed by atoms with van der Waals surface area (Å²) >= 11 is 0. The fourth-order valence-corrected chi connectivity index (χ4v) is 2.22. The van der Waals surface area contributed by atoms with Crippen molar-refractivity contribution in [1.82, 2.24) is 0 Å². The lowest BCUT2D eigenvalue weighted by atomic mass is 9.79. The lowest BCUT2D eigenvalue weighted by Crippen LogP contribution is -2.36. The second-order valence-electron chi connectivity index (χ2n) is 5.01. The number of aliphatic hydroxyl groups excluding tert-OH is 2. The van der Waals surface area contributed by atoms with Gasteiger partial charge in [-0.3, -0.25) is 0 Å². The minimum Gasteiger partial charge on any atom is -0.494 e. The van der Waals surface area contributed by atoms with Gasteiger partial charge in [-0.25, -0.2) is 4.39 Å². The van der Waals surface area contributed by atoms with E-state index in [4.69, 9.17) is 4.74 Å². The molecule has 2 aromatic carbocycles. The Morgan fingerprint density at radius 1 is 0.905 bits per heavy atom. The van der Waals surface area contributed by atoms with E-state index in [-0.39, 0.29) is 19.0 Å². The Kier molecular flexibility index (Phi) is 5.31. The molecule has 0 radical (unpaired) electrons. The molecule has 0 atom stereocenters. The number of aliphatic hydroxyl groups is 2. The molecule has 0 aliphatic rings. The Morgan fingerprint density at radius 3 is 2.10 bits per heavy atom. The van der Waals surface area contributed by atoms with Gasteiger partial charge in [-0.1, -0.05) is 30.3 Å². The van der Waals surface area contributed by atoms with Crippen LogP contribution in [0.1, 0.15) is 12.0 Å². The molecule has 0 saturated heterocycles. The molecule has 0 aliphatic heterocycles. The first-order valence-electron chi connectivity index (χ1n) is 6.86. The van der Waals surface area contributed by atoms with E-state index in [2.05, 4.69) is 0 Å². The first-order valence-corrected chi connectivity index (χ1v) is 6.86. The number of para-hydroxylation sites is 1. The SMILES string of the molecule is OCC(CO)(CCOc1ccccc1)c1ccc(F)cc1. The van der Waals surface area contributed by atoms with Crippen molar-refractivity contribution in [1.29, 1.82) is 0 Å². The summed E-state index contributed by atoms with van der Waals surface area (Å²) in [6.45, 7) is -0.108. The summed E-state index contributed by atoms with van der Waals surface area (Å²) in [5.41, 5.74) is -0.131. The molecule has 0 aliphatic carbocycles. The normalized spacial score (nSPS) is 11.4. The smallest absolute Gasteiger partial charge is 0.123 e. The van der Waals surface area contributed by atoms with Gasteiger partial charge in [0.2, 0.25) is 0 Å². The Hall–Kier alpha value is -1.91. The largest absolute Gasteiger partial charge is 0.494 e. The number of hydrogen-bond acceptors (Lipinski definition) is 3. The number of ether oxygens (including phenoxy) is 1. The third-order valence-corrected chi connectivity index (χ3v) is 3.65. The maximum Gasteiger partial charge on any atom is 0.123 e. The fraction of sp³-hybridized carbons (Fsp3) is 0.294. The zero-order chi connectivity index (χ0) is 15.1. The molecule has 112 valence electrons. The van der Waals surface area contributed by atoms with Gasteiger partial charge in [-0.2, -0.15) is 0 Å². The van der Waals surface area contributed by atoms with Gasteiger partial charge >= 0.3 is 0 Å². The third kappa shape index (κ3) is 3.80. The average molecular weight is 290 g/mol. The molecule has 2 rings (SSSR count). The average Bonchev–Trinajstić information content (AvgIpc) is 2.54. The van der Waals surface area contributed by atoms with E-state index in [0.29, 0.717) is 18.6 Å². The molecule has 4 heteroatoms. The molecule has 2 aromatic rings. The second-order valence-corrected chi connectivity index (χ2v) is 5.01. The highest BCUT2D eigenvalue weighted by atomic mass is 19.1. The highest BCUT2D eigenvalue weighted by molar-refractivity contribution is 5.27. The predicted octanol–water partition coefficient (Wildman–Crippen LogP) is 2.52. The van der Waals surface area contributed by atoms with E-state index < -0.39 is 5.41 Å². The summed E-state index contributed by atoms with van der Waals surface area (Å²) in [6.07, 6.45) is 0.431. The summed E-state index contributed by atoms with van der Waals surface area (Å²) in [7, 11) is 0. The molecular formula is C17H19FO3. The Bertz CT molecular complexity index is 536. The van der Waals surface area contributed by atoms with Crippen LogP contribution in [-0.4, -0.2) is 30.0 Å². The fourth-order valence-electron chi connectivity index (χ4n) is 2.22. The van der Waals surface area contributed by atoms with Crippen molar-refractivity contribution in [3.63, 3.8) is 0 Å². The molecule has 0 aromatic heterocycles. The number of rotatable bonds is 7. The van der Waals surface area contributed by atoms with E-state index in [1.54, 1.807) is 12.1 Å².